The first-order chi connectivity index (χ1) is 28.1. The SMILES string of the molecule is C=CCOc1c2c(c(OC(=O)OC(C)(C)C)c3cc(Br)ccc13)C(O)=C1C(=O)[C@]3(O[Si](C)(C)C(C)(C)C)C(=O)c4c(OCc5ccccc5)noc4[C@@H](N(C)C)[C@@H]3C[C@@H]1C2. The van der Waals surface area contributed by atoms with Crippen LogP contribution in [0.25, 0.3) is 16.5 Å². The molecule has 0 amide bonds. The van der Waals surface area contributed by atoms with Gasteiger partial charge in [-0.2, -0.15) is 0 Å². The number of aromatic nitrogens is 1. The van der Waals surface area contributed by atoms with Gasteiger partial charge in [0.05, 0.1) is 11.6 Å². The Morgan fingerprint density at radius 2 is 1.72 bits per heavy atom. The third kappa shape index (κ3) is 7.39. The maximum Gasteiger partial charge on any atom is 0.514 e. The van der Waals surface area contributed by atoms with Crippen LogP contribution in [0.3, 0.4) is 0 Å². The highest BCUT2D eigenvalue weighted by molar-refractivity contribution is 9.10. The van der Waals surface area contributed by atoms with Crippen LogP contribution in [0.2, 0.25) is 18.1 Å². The number of hydrogen-bond donors (Lipinski definition) is 1. The number of aliphatic hydroxyl groups excluding tert-OH is 1. The molecule has 1 saturated carbocycles. The van der Waals surface area contributed by atoms with Crippen molar-refractivity contribution in [2.45, 2.75) is 96.4 Å². The first-order valence-electron chi connectivity index (χ1n) is 20.1. The van der Waals surface area contributed by atoms with E-state index in [0.29, 0.717) is 26.6 Å². The summed E-state index contributed by atoms with van der Waals surface area (Å²) in [6.45, 7) is 19.3. The minimum Gasteiger partial charge on any atom is -0.507 e. The molecule has 1 heterocycles. The van der Waals surface area contributed by atoms with Gasteiger partial charge in [0.25, 0.3) is 5.88 Å². The topological polar surface area (TPSA) is 147 Å². The van der Waals surface area contributed by atoms with Crippen molar-refractivity contribution in [3.05, 3.63) is 99.2 Å². The van der Waals surface area contributed by atoms with E-state index in [9.17, 15) is 9.90 Å². The summed E-state index contributed by atoms with van der Waals surface area (Å²) in [5.74, 6) is -2.46. The summed E-state index contributed by atoms with van der Waals surface area (Å²) in [4.78, 5) is 47.1. The van der Waals surface area contributed by atoms with Gasteiger partial charge in [0, 0.05) is 32.3 Å². The van der Waals surface area contributed by atoms with Crippen molar-refractivity contribution >= 4 is 58.5 Å². The molecular formula is C46H53BrN2O10Si. The maximum atomic E-state index is 16.0. The van der Waals surface area contributed by atoms with Gasteiger partial charge < -0.3 is 33.0 Å². The number of rotatable bonds is 10. The van der Waals surface area contributed by atoms with E-state index in [-0.39, 0.29) is 60.1 Å². The van der Waals surface area contributed by atoms with E-state index in [4.69, 9.17) is 27.9 Å². The zero-order valence-corrected chi connectivity index (χ0v) is 38.4. The molecule has 0 unspecified atom stereocenters. The number of fused-ring (bicyclic) bond motifs is 5. The van der Waals surface area contributed by atoms with Gasteiger partial charge in [-0.15, -0.1) is 0 Å². The normalized spacial score (nSPS) is 21.6. The molecule has 12 nitrogen and oxygen atoms in total. The number of ketones is 2. The number of hydrogen-bond acceptors (Lipinski definition) is 12. The molecule has 0 aliphatic heterocycles. The van der Waals surface area contributed by atoms with Crippen molar-refractivity contribution in [1.82, 2.24) is 10.1 Å². The van der Waals surface area contributed by atoms with E-state index in [1.165, 1.54) is 0 Å². The van der Waals surface area contributed by atoms with Crippen molar-refractivity contribution in [2.75, 3.05) is 20.7 Å². The van der Waals surface area contributed by atoms with Crippen LogP contribution < -0.4 is 14.2 Å². The predicted molar refractivity (Wildman–Crippen MR) is 233 cm³/mol. The van der Waals surface area contributed by atoms with Crippen molar-refractivity contribution in [3.8, 4) is 17.4 Å². The Hall–Kier alpha value is -4.76. The Bertz CT molecular complexity index is 2430. The number of ether oxygens (including phenoxy) is 4. The zero-order valence-electron chi connectivity index (χ0n) is 35.9. The summed E-state index contributed by atoms with van der Waals surface area (Å²) in [6.07, 6.45) is 1.04. The van der Waals surface area contributed by atoms with Gasteiger partial charge in [0.2, 0.25) is 11.6 Å². The number of carbonyl (C=O) groups excluding carboxylic acids is 3. The minimum absolute atomic E-state index is 0.00743. The molecule has 4 aromatic rings. The Balaban J connectivity index is 1.49. The molecule has 1 aromatic heterocycles. The lowest BCUT2D eigenvalue weighted by Gasteiger charge is -2.55. The standard InChI is InChI=1S/C46H53BrN2O10Si/c1-12-20-54-37-28-19-18-27(47)23-29(28)38(56-43(53)57-44(2,3)4)33-30(37)21-26-22-31-35(49(8)9)39-34(42(48-58-39)55-24-25-16-14-13-15-17-25)41(52)46(31,40(51)32(26)36(33)50)59-60(10,11)45(5,6)7/h12-19,23,26,31,35,50H,1,20-22,24H2,2-11H3/t26-,31-,35-,46-/m0/s1. The molecule has 318 valence electrons. The molecule has 60 heavy (non-hydrogen) atoms. The lowest BCUT2D eigenvalue weighted by Crippen LogP contribution is -2.68. The van der Waals surface area contributed by atoms with Crippen LogP contribution in [-0.2, 0) is 27.0 Å². The van der Waals surface area contributed by atoms with E-state index in [0.717, 1.165) is 5.56 Å². The zero-order chi connectivity index (χ0) is 43.7. The molecule has 3 aromatic carbocycles. The van der Waals surface area contributed by atoms with Gasteiger partial charge >= 0.3 is 6.16 Å². The first-order valence-corrected chi connectivity index (χ1v) is 23.8. The number of aliphatic hydroxyl groups is 1. The van der Waals surface area contributed by atoms with Crippen LogP contribution in [-0.4, -0.2) is 73.1 Å². The molecule has 4 atom stereocenters. The molecule has 0 radical (unpaired) electrons. The van der Waals surface area contributed by atoms with E-state index < -0.39 is 65.9 Å². The lowest BCUT2D eigenvalue weighted by atomic mass is 9.57. The van der Waals surface area contributed by atoms with Crippen molar-refractivity contribution in [1.29, 1.82) is 0 Å². The predicted octanol–water partition coefficient (Wildman–Crippen LogP) is 10.3. The van der Waals surface area contributed by atoms with E-state index >= 15 is 9.59 Å². The highest BCUT2D eigenvalue weighted by Crippen LogP contribution is 2.60. The second-order valence-electron chi connectivity index (χ2n) is 18.5. The third-order valence-corrected chi connectivity index (χ3v) is 17.0. The lowest BCUT2D eigenvalue weighted by molar-refractivity contribution is -0.140. The van der Waals surface area contributed by atoms with Gasteiger partial charge in [-0.05, 0) is 101 Å². The number of Topliss-reactive ketones (excluding diaryl/α,β-unsaturated/α-hetero) is 2. The molecule has 0 saturated heterocycles. The molecular weight excluding hydrogens is 848 g/mol. The fraction of sp³-hybridized carbons (Fsp3) is 0.435. The van der Waals surface area contributed by atoms with Crippen LogP contribution >= 0.6 is 15.9 Å². The molecule has 1 fully saturated rings. The van der Waals surface area contributed by atoms with Gasteiger partial charge in [0.1, 0.15) is 35.9 Å². The smallest absolute Gasteiger partial charge is 0.507 e. The largest absolute Gasteiger partial charge is 0.514 e. The molecule has 3 aliphatic rings. The second kappa shape index (κ2) is 15.6. The van der Waals surface area contributed by atoms with Crippen molar-refractivity contribution in [3.63, 3.8) is 0 Å². The first kappa shape index (κ1) is 43.3. The van der Waals surface area contributed by atoms with E-state index in [1.54, 1.807) is 32.9 Å². The monoisotopic (exact) mass is 900 g/mol. The quantitative estimate of drug-likeness (QED) is 0.0531. The maximum absolute atomic E-state index is 16.0. The molecule has 7 rings (SSSR count). The fourth-order valence-electron chi connectivity index (χ4n) is 8.51. The van der Waals surface area contributed by atoms with Gasteiger partial charge in [0.15, 0.2) is 25.4 Å². The summed E-state index contributed by atoms with van der Waals surface area (Å²) < 4.78 is 38.2. The summed E-state index contributed by atoms with van der Waals surface area (Å²) >= 11 is 3.55. The number of halogens is 1. The van der Waals surface area contributed by atoms with Crippen LogP contribution in [0.5, 0.6) is 17.4 Å². The molecule has 14 heteroatoms. The number of benzene rings is 3. The molecule has 1 N–H and O–H groups in total. The van der Waals surface area contributed by atoms with Gasteiger partial charge in [-0.3, -0.25) is 14.5 Å². The summed E-state index contributed by atoms with van der Waals surface area (Å²) in [6, 6.07) is 14.2. The molecule has 0 spiro atoms. The minimum atomic E-state index is -3.00. The van der Waals surface area contributed by atoms with Crippen molar-refractivity contribution in [2.24, 2.45) is 11.8 Å². The van der Waals surface area contributed by atoms with Crippen LogP contribution in [0, 0.1) is 11.8 Å². The fourth-order valence-corrected chi connectivity index (χ4v) is 10.3. The number of nitrogens with zero attached hydrogens (tertiary/aromatic N) is 2. The van der Waals surface area contributed by atoms with Crippen LogP contribution in [0.4, 0.5) is 4.79 Å². The third-order valence-electron chi connectivity index (χ3n) is 12.1. The highest BCUT2D eigenvalue weighted by atomic mass is 79.9. The number of carbonyl (C=O) groups is 3. The Kier molecular flexibility index (Phi) is 11.3. The van der Waals surface area contributed by atoms with Gasteiger partial charge in [-0.1, -0.05) is 79.7 Å². The Morgan fingerprint density at radius 1 is 1.02 bits per heavy atom. The summed E-state index contributed by atoms with van der Waals surface area (Å²) in [5.41, 5.74) is -1.51. The summed E-state index contributed by atoms with van der Waals surface area (Å²) in [5, 5.41) is 17.7. The Labute approximate surface area is 360 Å². The molecule has 3 aliphatic carbocycles. The Morgan fingerprint density at radius 3 is 2.35 bits per heavy atom. The van der Waals surface area contributed by atoms with Crippen LogP contribution in [0.15, 0.2) is 75.8 Å². The second-order valence-corrected chi connectivity index (χ2v) is 24.2. The highest BCUT2D eigenvalue weighted by Gasteiger charge is 2.69. The summed E-state index contributed by atoms with van der Waals surface area (Å²) in [7, 11) is 0.733. The van der Waals surface area contributed by atoms with E-state index in [2.05, 4.69) is 27.7 Å². The van der Waals surface area contributed by atoms with Crippen LogP contribution in [0.1, 0.15) is 86.8 Å². The van der Waals surface area contributed by atoms with E-state index in [1.807, 2.05) is 95.3 Å². The average Bonchev–Trinajstić information content (AvgIpc) is 3.57. The average molecular weight is 902 g/mol. The van der Waals surface area contributed by atoms with Gasteiger partial charge in [-0.25, -0.2) is 4.79 Å². The van der Waals surface area contributed by atoms with Crippen molar-refractivity contribution < 1.29 is 47.4 Å². The molecule has 0 bridgehead atoms.